The van der Waals surface area contributed by atoms with Crippen LogP contribution in [0, 0.1) is 0 Å². The third-order valence-corrected chi connectivity index (χ3v) is 4.00. The molecule has 1 aromatic heterocycles. The minimum Gasteiger partial charge on any atom is -0.341 e. The lowest BCUT2D eigenvalue weighted by atomic mass is 10.1. The van der Waals surface area contributed by atoms with Gasteiger partial charge in [0.2, 0.25) is 5.91 Å². The molecule has 1 aromatic carbocycles. The van der Waals surface area contributed by atoms with Gasteiger partial charge in [-0.25, -0.2) is 0 Å². The van der Waals surface area contributed by atoms with Crippen LogP contribution in [0.1, 0.15) is 12.0 Å². The van der Waals surface area contributed by atoms with E-state index < -0.39 is 0 Å². The van der Waals surface area contributed by atoms with Crippen molar-refractivity contribution in [2.45, 2.75) is 13.0 Å². The molecule has 19 heavy (non-hydrogen) atoms. The van der Waals surface area contributed by atoms with Crippen LogP contribution in [0.3, 0.4) is 0 Å². The first-order valence-electron chi connectivity index (χ1n) is 6.06. The molecule has 0 saturated carbocycles. The number of amides is 1. The normalized spacial score (nSPS) is 10.2. The average Bonchev–Trinajstić information content (AvgIpc) is 2.79. The van der Waals surface area contributed by atoms with Gasteiger partial charge in [0.05, 0.1) is 0 Å². The Labute approximate surface area is 124 Å². The molecule has 0 spiro atoms. The van der Waals surface area contributed by atoms with Crippen LogP contribution in [-0.4, -0.2) is 31.4 Å². The Bertz CT molecular complexity index is 541. The van der Waals surface area contributed by atoms with Crippen LogP contribution in [0.25, 0.3) is 10.1 Å². The van der Waals surface area contributed by atoms with Crippen LogP contribution >= 0.6 is 23.7 Å². The molecule has 1 N–H and O–H groups in total. The molecule has 3 nitrogen and oxygen atoms in total. The summed E-state index contributed by atoms with van der Waals surface area (Å²) < 4.78 is 1.28. The molecule has 0 bridgehead atoms. The third-order valence-electron chi connectivity index (χ3n) is 2.98. The summed E-state index contributed by atoms with van der Waals surface area (Å²) in [4.78, 5) is 13.7. The summed E-state index contributed by atoms with van der Waals surface area (Å²) in [7, 11) is 3.73. The Morgan fingerprint density at radius 2 is 2.11 bits per heavy atom. The Morgan fingerprint density at radius 1 is 1.37 bits per heavy atom. The molecule has 0 unspecified atom stereocenters. The van der Waals surface area contributed by atoms with E-state index in [0.29, 0.717) is 13.0 Å². The molecule has 5 heteroatoms. The Morgan fingerprint density at radius 3 is 2.84 bits per heavy atom. The second-order valence-corrected chi connectivity index (χ2v) is 5.27. The highest BCUT2D eigenvalue weighted by Gasteiger charge is 2.11. The van der Waals surface area contributed by atoms with Crippen LogP contribution in [0.15, 0.2) is 29.6 Å². The van der Waals surface area contributed by atoms with Crippen LogP contribution in [0.2, 0.25) is 0 Å². The molecular weight excluding hydrogens is 280 g/mol. The summed E-state index contributed by atoms with van der Waals surface area (Å²) >= 11 is 1.74. The van der Waals surface area contributed by atoms with Crippen molar-refractivity contribution in [3.8, 4) is 0 Å². The Hall–Kier alpha value is -1.10. The highest BCUT2D eigenvalue weighted by atomic mass is 35.5. The first kappa shape index (κ1) is 16.0. The van der Waals surface area contributed by atoms with E-state index in [1.807, 2.05) is 26.2 Å². The molecule has 2 aromatic rings. The number of hydrogen-bond donors (Lipinski definition) is 1. The number of rotatable bonds is 5. The molecule has 1 heterocycles. The zero-order valence-electron chi connectivity index (χ0n) is 11.2. The predicted molar refractivity (Wildman–Crippen MR) is 84.1 cm³/mol. The van der Waals surface area contributed by atoms with Gasteiger partial charge in [-0.05, 0) is 29.4 Å². The minimum atomic E-state index is 0. The van der Waals surface area contributed by atoms with Gasteiger partial charge < -0.3 is 10.2 Å². The monoisotopic (exact) mass is 298 g/mol. The van der Waals surface area contributed by atoms with Gasteiger partial charge >= 0.3 is 0 Å². The summed E-state index contributed by atoms with van der Waals surface area (Å²) in [5.41, 5.74) is 1.23. The number of fused-ring (bicyclic) bond motifs is 1. The molecule has 0 aliphatic heterocycles. The molecule has 0 atom stereocenters. The summed E-state index contributed by atoms with van der Waals surface area (Å²) in [5.74, 6) is 0.180. The first-order valence-corrected chi connectivity index (χ1v) is 6.94. The standard InChI is InChI=1S/C14H18N2OS.ClH/c1-15-8-7-14(17)16(2)9-11-10-18-13-6-4-3-5-12(11)13;/h3-6,10,15H,7-9H2,1-2H3;1H. The molecule has 0 fully saturated rings. The van der Waals surface area contributed by atoms with Crippen molar-refractivity contribution >= 4 is 39.7 Å². The molecular formula is C14H19ClN2OS. The van der Waals surface area contributed by atoms with Gasteiger partial charge in [0.25, 0.3) is 0 Å². The number of benzene rings is 1. The van der Waals surface area contributed by atoms with Gasteiger partial charge in [-0.2, -0.15) is 0 Å². The third kappa shape index (κ3) is 3.93. The maximum absolute atomic E-state index is 11.9. The number of nitrogens with one attached hydrogen (secondary N) is 1. The van der Waals surface area contributed by atoms with E-state index in [9.17, 15) is 4.79 Å². The fraction of sp³-hybridized carbons (Fsp3) is 0.357. The van der Waals surface area contributed by atoms with Crippen LogP contribution in [0.4, 0.5) is 0 Å². The van der Waals surface area contributed by atoms with E-state index in [1.54, 1.807) is 16.2 Å². The van der Waals surface area contributed by atoms with Crippen LogP contribution in [-0.2, 0) is 11.3 Å². The van der Waals surface area contributed by atoms with Crippen molar-refractivity contribution in [1.29, 1.82) is 0 Å². The van der Waals surface area contributed by atoms with E-state index in [2.05, 4.69) is 22.8 Å². The van der Waals surface area contributed by atoms with Gasteiger partial charge in [-0.15, -0.1) is 23.7 Å². The SMILES string of the molecule is CNCCC(=O)N(C)Cc1csc2ccccc12.Cl. The van der Waals surface area contributed by atoms with Gasteiger partial charge in [-0.3, -0.25) is 4.79 Å². The van der Waals surface area contributed by atoms with E-state index >= 15 is 0 Å². The number of hydrogen-bond acceptors (Lipinski definition) is 3. The highest BCUT2D eigenvalue weighted by Crippen LogP contribution is 2.26. The van der Waals surface area contributed by atoms with E-state index in [-0.39, 0.29) is 18.3 Å². The average molecular weight is 299 g/mol. The minimum absolute atomic E-state index is 0. The number of carbonyl (C=O) groups is 1. The largest absolute Gasteiger partial charge is 0.341 e. The van der Waals surface area contributed by atoms with Gasteiger partial charge in [-0.1, -0.05) is 18.2 Å². The zero-order valence-corrected chi connectivity index (χ0v) is 12.8. The van der Waals surface area contributed by atoms with Crippen molar-refractivity contribution in [3.63, 3.8) is 0 Å². The lowest BCUT2D eigenvalue weighted by Gasteiger charge is -2.16. The summed E-state index contributed by atoms with van der Waals surface area (Å²) in [6.07, 6.45) is 0.551. The molecule has 0 radical (unpaired) electrons. The van der Waals surface area contributed by atoms with Crippen molar-refractivity contribution < 1.29 is 4.79 Å². The maximum Gasteiger partial charge on any atom is 0.223 e. The topological polar surface area (TPSA) is 32.3 Å². The highest BCUT2D eigenvalue weighted by molar-refractivity contribution is 7.17. The number of thiophene rings is 1. The van der Waals surface area contributed by atoms with Crippen LogP contribution in [0.5, 0.6) is 0 Å². The van der Waals surface area contributed by atoms with Crippen molar-refractivity contribution in [3.05, 3.63) is 35.2 Å². The van der Waals surface area contributed by atoms with Gasteiger partial charge in [0.15, 0.2) is 0 Å². The molecule has 0 aliphatic carbocycles. The van der Waals surface area contributed by atoms with Crippen molar-refractivity contribution in [1.82, 2.24) is 10.2 Å². The number of nitrogens with zero attached hydrogens (tertiary/aromatic N) is 1. The van der Waals surface area contributed by atoms with Crippen LogP contribution < -0.4 is 5.32 Å². The Balaban J connectivity index is 0.00000180. The number of carbonyl (C=O) groups excluding carboxylic acids is 1. The molecule has 2 rings (SSSR count). The Kier molecular flexibility index (Phi) is 6.28. The molecule has 1 amide bonds. The lowest BCUT2D eigenvalue weighted by molar-refractivity contribution is -0.130. The summed E-state index contributed by atoms with van der Waals surface area (Å²) in [6.45, 7) is 1.42. The number of halogens is 1. The summed E-state index contributed by atoms with van der Waals surface area (Å²) in [5, 5.41) is 6.40. The van der Waals surface area contributed by atoms with Crippen molar-refractivity contribution in [2.24, 2.45) is 0 Å². The fourth-order valence-corrected chi connectivity index (χ4v) is 2.88. The van der Waals surface area contributed by atoms with Gasteiger partial charge in [0.1, 0.15) is 0 Å². The maximum atomic E-state index is 11.9. The molecule has 0 aliphatic rings. The smallest absolute Gasteiger partial charge is 0.223 e. The molecule has 0 saturated heterocycles. The zero-order chi connectivity index (χ0) is 13.0. The summed E-state index contributed by atoms with van der Waals surface area (Å²) in [6, 6.07) is 8.32. The predicted octanol–water partition coefficient (Wildman–Crippen LogP) is 2.89. The quantitative estimate of drug-likeness (QED) is 0.920. The van der Waals surface area contributed by atoms with Gasteiger partial charge in [0, 0.05) is 31.3 Å². The molecule has 104 valence electrons. The second kappa shape index (κ2) is 7.48. The lowest BCUT2D eigenvalue weighted by Crippen LogP contribution is -2.28. The second-order valence-electron chi connectivity index (χ2n) is 4.36. The van der Waals surface area contributed by atoms with E-state index in [4.69, 9.17) is 0 Å². The van der Waals surface area contributed by atoms with Crippen molar-refractivity contribution in [2.75, 3.05) is 20.6 Å². The fourth-order valence-electron chi connectivity index (χ4n) is 1.92. The first-order chi connectivity index (χ1) is 8.72. The van der Waals surface area contributed by atoms with E-state index in [0.717, 1.165) is 6.54 Å². The van der Waals surface area contributed by atoms with E-state index in [1.165, 1.54) is 15.6 Å².